The Morgan fingerprint density at radius 1 is 1.21 bits per heavy atom. The second-order valence-corrected chi connectivity index (χ2v) is 5.89. The molecule has 7 heteroatoms. The second-order valence-electron chi connectivity index (χ2n) is 5.89. The van der Waals surface area contributed by atoms with E-state index < -0.39 is 0 Å². The highest BCUT2D eigenvalue weighted by atomic mass is 35.5. The van der Waals surface area contributed by atoms with Crippen LogP contribution in [-0.2, 0) is 0 Å². The Morgan fingerprint density at radius 2 is 2.04 bits per heavy atom. The quantitative estimate of drug-likeness (QED) is 0.496. The van der Waals surface area contributed by atoms with E-state index >= 15 is 0 Å². The molecule has 0 aliphatic heterocycles. The summed E-state index contributed by atoms with van der Waals surface area (Å²) < 4.78 is 21.1. The van der Waals surface area contributed by atoms with E-state index in [0.29, 0.717) is 28.5 Å². The minimum atomic E-state index is -0.335. The fourth-order valence-corrected chi connectivity index (χ4v) is 2.92. The van der Waals surface area contributed by atoms with Gasteiger partial charge in [0, 0.05) is 18.0 Å². The summed E-state index contributed by atoms with van der Waals surface area (Å²) >= 11 is 0. The number of fused-ring (bicyclic) bond motifs is 1. The SMILES string of the molecule is COc1ccc2nc(C(C#N)=Cc3cccn3-c3ccccc3F)[nH]c2c1.Cl. The Balaban J connectivity index is 0.00000225. The normalized spacial score (nSPS) is 11.1. The largest absolute Gasteiger partial charge is 0.497 e. The van der Waals surface area contributed by atoms with E-state index in [-0.39, 0.29) is 18.2 Å². The van der Waals surface area contributed by atoms with Gasteiger partial charge in [-0.15, -0.1) is 12.4 Å². The molecule has 0 amide bonds. The Kier molecular flexibility index (Phi) is 5.48. The van der Waals surface area contributed by atoms with Crippen LogP contribution in [0.3, 0.4) is 0 Å². The van der Waals surface area contributed by atoms with Gasteiger partial charge in [-0.2, -0.15) is 5.26 Å². The number of hydrogen-bond acceptors (Lipinski definition) is 3. The maximum atomic E-state index is 14.1. The molecule has 0 aliphatic rings. The first kappa shape index (κ1) is 19.2. The Labute approximate surface area is 167 Å². The summed E-state index contributed by atoms with van der Waals surface area (Å²) in [6, 6.07) is 17.7. The van der Waals surface area contributed by atoms with Gasteiger partial charge in [0.25, 0.3) is 0 Å². The van der Waals surface area contributed by atoms with Crippen molar-refractivity contribution in [2.75, 3.05) is 7.11 Å². The highest BCUT2D eigenvalue weighted by Crippen LogP contribution is 2.24. The molecule has 140 valence electrons. The maximum absolute atomic E-state index is 14.1. The molecule has 0 radical (unpaired) electrons. The summed E-state index contributed by atoms with van der Waals surface area (Å²) in [6.45, 7) is 0. The van der Waals surface area contributed by atoms with E-state index in [9.17, 15) is 9.65 Å². The van der Waals surface area contributed by atoms with Crippen molar-refractivity contribution in [3.8, 4) is 17.5 Å². The van der Waals surface area contributed by atoms with Gasteiger partial charge in [0.05, 0.1) is 29.4 Å². The van der Waals surface area contributed by atoms with Gasteiger partial charge in [-0.25, -0.2) is 9.37 Å². The lowest BCUT2D eigenvalue weighted by atomic mass is 10.2. The first-order chi connectivity index (χ1) is 13.2. The lowest BCUT2D eigenvalue weighted by molar-refractivity contribution is 0.415. The summed E-state index contributed by atoms with van der Waals surface area (Å²) in [5.74, 6) is 0.813. The fourth-order valence-electron chi connectivity index (χ4n) is 2.92. The van der Waals surface area contributed by atoms with Crippen LogP contribution >= 0.6 is 12.4 Å². The number of methoxy groups -OCH3 is 1. The number of hydrogen-bond donors (Lipinski definition) is 1. The highest BCUT2D eigenvalue weighted by Gasteiger charge is 2.11. The number of halogens is 2. The Bertz CT molecular complexity index is 1200. The van der Waals surface area contributed by atoms with Crippen LogP contribution in [0.15, 0.2) is 60.8 Å². The molecule has 0 atom stereocenters. The minimum absolute atomic E-state index is 0. The predicted molar refractivity (Wildman–Crippen MR) is 109 cm³/mol. The number of aromatic amines is 1. The van der Waals surface area contributed by atoms with Gasteiger partial charge < -0.3 is 14.3 Å². The third-order valence-corrected chi connectivity index (χ3v) is 4.25. The molecule has 0 unspecified atom stereocenters. The van der Waals surface area contributed by atoms with Crippen LogP contribution < -0.4 is 4.74 Å². The van der Waals surface area contributed by atoms with E-state index in [4.69, 9.17) is 4.74 Å². The van der Waals surface area contributed by atoms with Gasteiger partial charge in [-0.05, 0) is 42.5 Å². The molecule has 2 aromatic carbocycles. The van der Waals surface area contributed by atoms with Crippen LogP contribution in [0.1, 0.15) is 11.5 Å². The van der Waals surface area contributed by atoms with Crippen molar-refractivity contribution in [1.29, 1.82) is 5.26 Å². The van der Waals surface area contributed by atoms with Gasteiger partial charge in [-0.3, -0.25) is 0 Å². The minimum Gasteiger partial charge on any atom is -0.497 e. The lowest BCUT2D eigenvalue weighted by Gasteiger charge is -2.07. The molecule has 0 spiro atoms. The Hall–Kier alpha value is -3.56. The van der Waals surface area contributed by atoms with Crippen molar-refractivity contribution in [3.05, 3.63) is 78.1 Å². The number of nitrogens with zero attached hydrogens (tertiary/aromatic N) is 3. The number of nitrogens with one attached hydrogen (secondary N) is 1. The smallest absolute Gasteiger partial charge is 0.149 e. The van der Waals surface area contributed by atoms with E-state index in [0.717, 1.165) is 11.0 Å². The van der Waals surface area contributed by atoms with Crippen LogP contribution in [-0.4, -0.2) is 21.6 Å². The number of allylic oxidation sites excluding steroid dienone is 1. The number of ether oxygens (including phenoxy) is 1. The molecule has 4 aromatic rings. The summed E-state index contributed by atoms with van der Waals surface area (Å²) in [5.41, 5.74) is 2.95. The van der Waals surface area contributed by atoms with Crippen LogP contribution in [0.2, 0.25) is 0 Å². The van der Waals surface area contributed by atoms with Crippen LogP contribution in [0.4, 0.5) is 4.39 Å². The molecule has 5 nitrogen and oxygen atoms in total. The third-order valence-electron chi connectivity index (χ3n) is 4.25. The van der Waals surface area contributed by atoms with Crippen molar-refractivity contribution in [3.63, 3.8) is 0 Å². The van der Waals surface area contributed by atoms with E-state index in [1.165, 1.54) is 6.07 Å². The maximum Gasteiger partial charge on any atom is 0.149 e. The van der Waals surface area contributed by atoms with Crippen LogP contribution in [0.25, 0.3) is 28.4 Å². The zero-order chi connectivity index (χ0) is 18.8. The number of H-pyrrole nitrogens is 1. The average molecular weight is 395 g/mol. The molecular weight excluding hydrogens is 379 g/mol. The van der Waals surface area contributed by atoms with Crippen molar-refractivity contribution >= 4 is 35.1 Å². The van der Waals surface area contributed by atoms with Crippen molar-refractivity contribution in [2.24, 2.45) is 0 Å². The standard InChI is InChI=1S/C21H15FN4O.ClH/c1-27-16-8-9-18-19(12-16)25-21(24-18)14(13-23)11-15-5-4-10-26(15)20-7-3-2-6-17(20)22;/h2-12H,1H3,(H,24,25);1H. The van der Waals surface area contributed by atoms with Gasteiger partial charge in [0.1, 0.15) is 23.5 Å². The zero-order valence-electron chi connectivity index (χ0n) is 14.9. The second kappa shape index (κ2) is 7.99. The number of nitriles is 1. The molecule has 2 heterocycles. The summed E-state index contributed by atoms with van der Waals surface area (Å²) in [4.78, 5) is 7.61. The lowest BCUT2D eigenvalue weighted by Crippen LogP contribution is -1.98. The number of rotatable bonds is 4. The molecule has 1 N–H and O–H groups in total. The monoisotopic (exact) mass is 394 g/mol. The third kappa shape index (κ3) is 3.48. The number of benzene rings is 2. The number of para-hydroxylation sites is 1. The molecule has 0 aliphatic carbocycles. The Morgan fingerprint density at radius 3 is 2.79 bits per heavy atom. The number of imidazole rings is 1. The molecule has 0 saturated heterocycles. The molecule has 28 heavy (non-hydrogen) atoms. The molecule has 4 rings (SSSR count). The predicted octanol–water partition coefficient (Wildman–Crippen LogP) is 4.99. The topological polar surface area (TPSA) is 66.6 Å². The number of aromatic nitrogens is 3. The first-order valence-corrected chi connectivity index (χ1v) is 8.28. The molecule has 0 fully saturated rings. The fraction of sp³-hybridized carbons (Fsp3) is 0.0476. The van der Waals surface area contributed by atoms with Crippen LogP contribution in [0.5, 0.6) is 5.75 Å². The van der Waals surface area contributed by atoms with Crippen molar-refractivity contribution in [2.45, 2.75) is 0 Å². The van der Waals surface area contributed by atoms with E-state index in [1.807, 2.05) is 24.3 Å². The first-order valence-electron chi connectivity index (χ1n) is 8.28. The van der Waals surface area contributed by atoms with Gasteiger partial charge in [-0.1, -0.05) is 12.1 Å². The highest BCUT2D eigenvalue weighted by molar-refractivity contribution is 5.90. The van der Waals surface area contributed by atoms with Gasteiger partial charge >= 0.3 is 0 Å². The molecule has 0 bridgehead atoms. The summed E-state index contributed by atoms with van der Waals surface area (Å²) in [7, 11) is 1.59. The summed E-state index contributed by atoms with van der Waals surface area (Å²) in [6.07, 6.45) is 3.43. The molecule has 0 saturated carbocycles. The average Bonchev–Trinajstić information content (AvgIpc) is 3.32. The van der Waals surface area contributed by atoms with Gasteiger partial charge in [0.15, 0.2) is 0 Å². The van der Waals surface area contributed by atoms with E-state index in [2.05, 4.69) is 16.0 Å². The molecular formula is C21H16ClFN4O. The van der Waals surface area contributed by atoms with Crippen LogP contribution in [0, 0.1) is 17.1 Å². The van der Waals surface area contributed by atoms with Crippen molar-refractivity contribution in [1.82, 2.24) is 14.5 Å². The summed E-state index contributed by atoms with van der Waals surface area (Å²) in [5, 5.41) is 9.63. The molecule has 2 aromatic heterocycles. The zero-order valence-corrected chi connectivity index (χ0v) is 15.7. The van der Waals surface area contributed by atoms with Gasteiger partial charge in [0.2, 0.25) is 0 Å². The van der Waals surface area contributed by atoms with Crippen molar-refractivity contribution < 1.29 is 9.13 Å². The van der Waals surface area contributed by atoms with E-state index in [1.54, 1.807) is 48.2 Å².